The molecular formula is C29H31N5O3. The number of hydrogen-bond donors (Lipinski definition) is 0. The summed E-state index contributed by atoms with van der Waals surface area (Å²) in [6.45, 7) is 8.01. The Morgan fingerprint density at radius 3 is 2.19 bits per heavy atom. The van der Waals surface area contributed by atoms with Crippen LogP contribution in [0.1, 0.15) is 46.2 Å². The molecule has 1 fully saturated rings. The van der Waals surface area contributed by atoms with Crippen molar-refractivity contribution >= 4 is 22.8 Å². The minimum Gasteiger partial charge on any atom is -0.497 e. The first kappa shape index (κ1) is 24.5. The van der Waals surface area contributed by atoms with E-state index in [4.69, 9.17) is 9.72 Å². The summed E-state index contributed by atoms with van der Waals surface area (Å²) in [6, 6.07) is 17.1. The molecule has 190 valence electrons. The summed E-state index contributed by atoms with van der Waals surface area (Å²) in [6.07, 6.45) is 1.74. The lowest BCUT2D eigenvalue weighted by Crippen LogP contribution is -2.50. The first-order chi connectivity index (χ1) is 17.9. The molecule has 0 saturated carbocycles. The lowest BCUT2D eigenvalue weighted by atomic mass is 10.0. The molecule has 8 nitrogen and oxygen atoms in total. The maximum Gasteiger partial charge on any atom is 0.254 e. The van der Waals surface area contributed by atoms with Crippen LogP contribution in [0.25, 0.3) is 22.3 Å². The number of rotatable bonds is 5. The summed E-state index contributed by atoms with van der Waals surface area (Å²) in [5, 5.41) is 5.29. The molecule has 2 aromatic heterocycles. The number of aryl methyl sites for hydroxylation is 1. The molecule has 0 N–H and O–H groups in total. The molecule has 0 atom stereocenters. The second-order valence-electron chi connectivity index (χ2n) is 9.60. The van der Waals surface area contributed by atoms with Crippen LogP contribution >= 0.6 is 0 Å². The van der Waals surface area contributed by atoms with Gasteiger partial charge in [0.25, 0.3) is 11.8 Å². The Morgan fingerprint density at radius 2 is 1.57 bits per heavy atom. The van der Waals surface area contributed by atoms with Crippen LogP contribution < -0.4 is 4.74 Å². The molecule has 37 heavy (non-hydrogen) atoms. The van der Waals surface area contributed by atoms with E-state index in [2.05, 4.69) is 18.9 Å². The lowest BCUT2D eigenvalue weighted by Gasteiger charge is -2.35. The minimum atomic E-state index is -0.0675. The van der Waals surface area contributed by atoms with Gasteiger partial charge in [-0.25, -0.2) is 9.67 Å². The maximum atomic E-state index is 13.8. The molecule has 0 spiro atoms. The van der Waals surface area contributed by atoms with Crippen molar-refractivity contribution in [3.05, 3.63) is 77.5 Å². The van der Waals surface area contributed by atoms with Gasteiger partial charge in [-0.1, -0.05) is 24.3 Å². The zero-order valence-corrected chi connectivity index (χ0v) is 21.6. The average Bonchev–Trinajstić information content (AvgIpc) is 3.37. The standard InChI is InChI=1S/C29H31N5O3/c1-19(2)34-27-25(18-30-34)24(17-26(31-27)23-8-6-5-7-20(23)3)29(36)33-15-13-32(14-16-33)28(35)21-9-11-22(37-4)12-10-21/h5-12,17-19H,13-16H2,1-4H3. The van der Waals surface area contributed by atoms with Crippen molar-refractivity contribution in [3.63, 3.8) is 0 Å². The van der Waals surface area contributed by atoms with Gasteiger partial charge in [0.05, 0.1) is 30.0 Å². The smallest absolute Gasteiger partial charge is 0.254 e. The second kappa shape index (κ2) is 10.0. The van der Waals surface area contributed by atoms with Crippen LogP contribution in [-0.2, 0) is 0 Å². The largest absolute Gasteiger partial charge is 0.497 e. The molecule has 2 aromatic carbocycles. The first-order valence-corrected chi connectivity index (χ1v) is 12.5. The van der Waals surface area contributed by atoms with E-state index in [1.165, 1.54) is 0 Å². The topological polar surface area (TPSA) is 80.6 Å². The number of methoxy groups -OCH3 is 1. The number of aromatic nitrogens is 3. The van der Waals surface area contributed by atoms with Crippen LogP contribution in [0.5, 0.6) is 5.75 Å². The van der Waals surface area contributed by atoms with Crippen molar-refractivity contribution in [3.8, 4) is 17.0 Å². The van der Waals surface area contributed by atoms with Crippen LogP contribution in [0.15, 0.2) is 60.8 Å². The number of ether oxygens (including phenoxy) is 1. The van der Waals surface area contributed by atoms with Crippen molar-refractivity contribution in [1.82, 2.24) is 24.6 Å². The number of amides is 2. The van der Waals surface area contributed by atoms with E-state index in [1.807, 2.05) is 46.8 Å². The van der Waals surface area contributed by atoms with E-state index in [0.717, 1.165) is 22.2 Å². The molecule has 0 radical (unpaired) electrons. The molecule has 0 aliphatic carbocycles. The fourth-order valence-electron chi connectivity index (χ4n) is 4.77. The van der Waals surface area contributed by atoms with Crippen molar-refractivity contribution in [2.75, 3.05) is 33.3 Å². The molecule has 3 heterocycles. The highest BCUT2D eigenvalue weighted by Gasteiger charge is 2.28. The van der Waals surface area contributed by atoms with E-state index < -0.39 is 0 Å². The monoisotopic (exact) mass is 497 g/mol. The van der Waals surface area contributed by atoms with Crippen LogP contribution in [0.3, 0.4) is 0 Å². The molecule has 0 unspecified atom stereocenters. The second-order valence-corrected chi connectivity index (χ2v) is 9.60. The zero-order valence-electron chi connectivity index (χ0n) is 21.6. The lowest BCUT2D eigenvalue weighted by molar-refractivity contribution is 0.0536. The molecule has 1 aliphatic rings. The van der Waals surface area contributed by atoms with E-state index in [1.54, 1.807) is 42.5 Å². The van der Waals surface area contributed by atoms with Crippen LogP contribution in [0, 0.1) is 6.92 Å². The number of benzene rings is 2. The van der Waals surface area contributed by atoms with Gasteiger partial charge >= 0.3 is 0 Å². The van der Waals surface area contributed by atoms with E-state index >= 15 is 0 Å². The number of carbonyl (C=O) groups excluding carboxylic acids is 2. The van der Waals surface area contributed by atoms with Crippen molar-refractivity contribution in [2.24, 2.45) is 0 Å². The quantitative estimate of drug-likeness (QED) is 0.403. The van der Waals surface area contributed by atoms with Gasteiger partial charge in [0.2, 0.25) is 0 Å². The Bertz CT molecular complexity index is 1450. The van der Waals surface area contributed by atoms with Crippen LogP contribution in [0.4, 0.5) is 0 Å². The Morgan fingerprint density at radius 1 is 0.919 bits per heavy atom. The molecule has 2 amide bonds. The summed E-state index contributed by atoms with van der Waals surface area (Å²) >= 11 is 0. The Kier molecular flexibility index (Phi) is 6.65. The Labute approximate surface area is 216 Å². The normalized spacial score (nSPS) is 13.9. The molecule has 8 heteroatoms. The molecule has 5 rings (SSSR count). The highest BCUT2D eigenvalue weighted by atomic mass is 16.5. The third kappa shape index (κ3) is 4.67. The van der Waals surface area contributed by atoms with Gasteiger partial charge in [0, 0.05) is 43.3 Å². The summed E-state index contributed by atoms with van der Waals surface area (Å²) in [5.41, 5.74) is 4.74. The summed E-state index contributed by atoms with van der Waals surface area (Å²) in [7, 11) is 1.60. The summed E-state index contributed by atoms with van der Waals surface area (Å²) in [4.78, 5) is 35.3. The SMILES string of the molecule is COc1ccc(C(=O)N2CCN(C(=O)c3cc(-c4ccccc4C)nc4c3cnn4C(C)C)CC2)cc1. The van der Waals surface area contributed by atoms with Crippen molar-refractivity contribution < 1.29 is 14.3 Å². The fraction of sp³-hybridized carbons (Fsp3) is 0.310. The number of carbonyl (C=O) groups is 2. The number of fused-ring (bicyclic) bond motifs is 1. The molecule has 0 bridgehead atoms. The molecule has 1 saturated heterocycles. The van der Waals surface area contributed by atoms with Gasteiger partial charge in [-0.2, -0.15) is 5.10 Å². The van der Waals surface area contributed by atoms with Gasteiger partial charge in [-0.3, -0.25) is 9.59 Å². The molecular weight excluding hydrogens is 466 g/mol. The van der Waals surface area contributed by atoms with Crippen LogP contribution in [0.2, 0.25) is 0 Å². The molecule has 1 aliphatic heterocycles. The highest BCUT2D eigenvalue weighted by molar-refractivity contribution is 6.06. The summed E-state index contributed by atoms with van der Waals surface area (Å²) < 4.78 is 7.05. The predicted octanol–water partition coefficient (Wildman–Crippen LogP) is 4.59. The summed E-state index contributed by atoms with van der Waals surface area (Å²) in [5.74, 6) is 0.602. The van der Waals surface area contributed by atoms with Gasteiger partial charge in [-0.05, 0) is 56.7 Å². The number of nitrogens with zero attached hydrogens (tertiary/aromatic N) is 5. The van der Waals surface area contributed by atoms with Gasteiger partial charge < -0.3 is 14.5 Å². The minimum absolute atomic E-state index is 0.0406. The maximum absolute atomic E-state index is 13.8. The fourth-order valence-corrected chi connectivity index (χ4v) is 4.77. The zero-order chi connectivity index (χ0) is 26.1. The third-order valence-electron chi connectivity index (χ3n) is 6.90. The van der Waals surface area contributed by atoms with Crippen molar-refractivity contribution in [1.29, 1.82) is 0 Å². The van der Waals surface area contributed by atoms with Gasteiger partial charge in [0.1, 0.15) is 5.75 Å². The highest BCUT2D eigenvalue weighted by Crippen LogP contribution is 2.29. The van der Waals surface area contributed by atoms with Gasteiger partial charge in [-0.15, -0.1) is 0 Å². The van der Waals surface area contributed by atoms with E-state index in [0.29, 0.717) is 48.7 Å². The first-order valence-electron chi connectivity index (χ1n) is 12.5. The van der Waals surface area contributed by atoms with Gasteiger partial charge in [0.15, 0.2) is 5.65 Å². The van der Waals surface area contributed by atoms with Crippen molar-refractivity contribution in [2.45, 2.75) is 26.8 Å². The Hall–Kier alpha value is -4.20. The number of piperazine rings is 1. The van der Waals surface area contributed by atoms with E-state index in [-0.39, 0.29) is 17.9 Å². The Balaban J connectivity index is 1.41. The third-order valence-corrected chi connectivity index (χ3v) is 6.90. The van der Waals surface area contributed by atoms with Crippen LogP contribution in [-0.4, -0.2) is 69.7 Å². The molecule has 4 aromatic rings. The number of hydrogen-bond acceptors (Lipinski definition) is 5. The number of pyridine rings is 1. The van der Waals surface area contributed by atoms with E-state index in [9.17, 15) is 9.59 Å². The average molecular weight is 498 g/mol. The predicted molar refractivity (Wildman–Crippen MR) is 143 cm³/mol.